The lowest BCUT2D eigenvalue weighted by Crippen LogP contribution is -2.30. The van der Waals surface area contributed by atoms with E-state index < -0.39 is 10.8 Å². The molecule has 2 aromatic carbocycles. The number of rotatable bonds is 4. The van der Waals surface area contributed by atoms with Crippen molar-refractivity contribution in [2.45, 2.75) is 0 Å². The fourth-order valence-electron chi connectivity index (χ4n) is 2.45. The number of methoxy groups -OCH3 is 1. The molecular weight excluding hydrogens is 342 g/mol. The van der Waals surface area contributed by atoms with Crippen LogP contribution in [0, 0.1) is 10.1 Å². The number of carbonyl (C=O) groups excluding carboxylic acids is 1. The second-order valence-corrected chi connectivity index (χ2v) is 5.53. The average Bonchev–Trinajstić information content (AvgIpc) is 2.89. The van der Waals surface area contributed by atoms with E-state index in [1.165, 1.54) is 24.2 Å². The van der Waals surface area contributed by atoms with E-state index in [4.69, 9.17) is 17.0 Å². The van der Waals surface area contributed by atoms with Gasteiger partial charge in [0, 0.05) is 12.1 Å². The van der Waals surface area contributed by atoms with Gasteiger partial charge in [-0.05, 0) is 36.5 Å². The molecule has 1 N–H and O–H groups in total. The zero-order valence-corrected chi connectivity index (χ0v) is 13.9. The van der Waals surface area contributed by atoms with Crippen molar-refractivity contribution in [3.8, 4) is 5.75 Å². The van der Waals surface area contributed by atoms with Crippen molar-refractivity contribution < 1.29 is 14.5 Å². The first-order chi connectivity index (χ1) is 12.0. The minimum absolute atomic E-state index is 0.0876. The molecule has 0 aliphatic carbocycles. The van der Waals surface area contributed by atoms with Gasteiger partial charge in [-0.25, -0.2) is 0 Å². The highest BCUT2D eigenvalue weighted by atomic mass is 32.1. The van der Waals surface area contributed by atoms with E-state index in [1.807, 2.05) is 0 Å². The number of benzene rings is 2. The maximum absolute atomic E-state index is 12.7. The van der Waals surface area contributed by atoms with Crippen molar-refractivity contribution in [3.05, 3.63) is 69.9 Å². The highest BCUT2D eigenvalue weighted by Crippen LogP contribution is 2.27. The Morgan fingerprint density at radius 1 is 1.24 bits per heavy atom. The summed E-state index contributed by atoms with van der Waals surface area (Å²) in [4.78, 5) is 24.6. The minimum atomic E-state index is -0.496. The Labute approximate surface area is 148 Å². The second kappa shape index (κ2) is 6.70. The average molecular weight is 355 g/mol. The van der Waals surface area contributed by atoms with Crippen LogP contribution in [-0.2, 0) is 4.79 Å². The van der Waals surface area contributed by atoms with Crippen molar-refractivity contribution in [3.63, 3.8) is 0 Å². The molecule has 0 bridgehead atoms. The van der Waals surface area contributed by atoms with Crippen molar-refractivity contribution in [1.82, 2.24) is 5.32 Å². The third-order valence-corrected chi connectivity index (χ3v) is 3.91. The molecule has 25 heavy (non-hydrogen) atoms. The van der Waals surface area contributed by atoms with Crippen LogP contribution in [0.4, 0.5) is 11.4 Å². The zero-order chi connectivity index (χ0) is 18.0. The predicted octanol–water partition coefficient (Wildman–Crippen LogP) is 2.87. The third-order valence-electron chi connectivity index (χ3n) is 3.62. The lowest BCUT2D eigenvalue weighted by molar-refractivity contribution is -0.385. The van der Waals surface area contributed by atoms with E-state index in [0.717, 1.165) is 0 Å². The molecule has 7 nitrogen and oxygen atoms in total. The molecule has 3 rings (SSSR count). The van der Waals surface area contributed by atoms with Gasteiger partial charge in [0.25, 0.3) is 11.6 Å². The predicted molar refractivity (Wildman–Crippen MR) is 97.3 cm³/mol. The van der Waals surface area contributed by atoms with Gasteiger partial charge in [0.1, 0.15) is 11.4 Å². The van der Waals surface area contributed by atoms with Crippen LogP contribution in [0.25, 0.3) is 6.08 Å². The fraction of sp³-hybridized carbons (Fsp3) is 0.0588. The summed E-state index contributed by atoms with van der Waals surface area (Å²) >= 11 is 5.24. The standard InChI is InChI=1S/C17H13N3O4S/c1-24-13-7-4-6-12(10-13)19-16(21)14(18-17(19)25)9-11-5-2-3-8-15(11)20(22)23/h2-10H,1H3,(H,18,25). The van der Waals surface area contributed by atoms with Crippen LogP contribution in [0.3, 0.4) is 0 Å². The lowest BCUT2D eigenvalue weighted by Gasteiger charge is -2.14. The number of para-hydroxylation sites is 1. The van der Waals surface area contributed by atoms with Gasteiger partial charge in [-0.2, -0.15) is 0 Å². The molecule has 0 unspecified atom stereocenters. The zero-order valence-electron chi connectivity index (χ0n) is 13.1. The number of amides is 1. The van der Waals surface area contributed by atoms with Gasteiger partial charge in [-0.3, -0.25) is 19.8 Å². The molecule has 1 aliphatic rings. The number of nitro groups is 1. The Hall–Kier alpha value is -3.26. The summed E-state index contributed by atoms with van der Waals surface area (Å²) in [6.07, 6.45) is 1.42. The number of anilines is 1. The van der Waals surface area contributed by atoms with Crippen LogP contribution in [0.15, 0.2) is 54.2 Å². The Balaban J connectivity index is 1.98. The minimum Gasteiger partial charge on any atom is -0.497 e. The molecule has 0 radical (unpaired) electrons. The largest absolute Gasteiger partial charge is 0.497 e. The number of nitrogens with zero attached hydrogens (tertiary/aromatic N) is 2. The van der Waals surface area contributed by atoms with Crippen LogP contribution in [0.5, 0.6) is 5.75 Å². The van der Waals surface area contributed by atoms with Gasteiger partial charge in [0.05, 0.1) is 23.3 Å². The van der Waals surface area contributed by atoms with E-state index in [9.17, 15) is 14.9 Å². The molecule has 126 valence electrons. The van der Waals surface area contributed by atoms with E-state index in [2.05, 4.69) is 5.32 Å². The van der Waals surface area contributed by atoms with Gasteiger partial charge < -0.3 is 10.1 Å². The number of ether oxygens (including phenoxy) is 1. The number of nitrogens with one attached hydrogen (secondary N) is 1. The lowest BCUT2D eigenvalue weighted by atomic mass is 10.1. The topological polar surface area (TPSA) is 84.7 Å². The van der Waals surface area contributed by atoms with Gasteiger partial charge in [0.2, 0.25) is 0 Å². The summed E-state index contributed by atoms with van der Waals surface area (Å²) in [7, 11) is 1.53. The Kier molecular flexibility index (Phi) is 4.44. The monoisotopic (exact) mass is 355 g/mol. The first-order valence-electron chi connectivity index (χ1n) is 7.26. The first-order valence-corrected chi connectivity index (χ1v) is 7.66. The van der Waals surface area contributed by atoms with Gasteiger partial charge in [0.15, 0.2) is 5.11 Å². The van der Waals surface area contributed by atoms with E-state index in [0.29, 0.717) is 17.0 Å². The van der Waals surface area contributed by atoms with Gasteiger partial charge in [-0.15, -0.1) is 0 Å². The molecule has 1 heterocycles. The molecule has 0 aromatic heterocycles. The first kappa shape index (κ1) is 16.6. The van der Waals surface area contributed by atoms with Crippen LogP contribution < -0.4 is 15.0 Å². The second-order valence-electron chi connectivity index (χ2n) is 5.15. The van der Waals surface area contributed by atoms with Crippen molar-refractivity contribution in [2.75, 3.05) is 12.0 Å². The molecule has 1 fully saturated rings. The summed E-state index contributed by atoms with van der Waals surface area (Å²) in [6.45, 7) is 0. The maximum atomic E-state index is 12.7. The number of carbonyl (C=O) groups is 1. The number of nitro benzene ring substituents is 1. The summed E-state index contributed by atoms with van der Waals surface area (Å²) in [5.41, 5.74) is 0.948. The Morgan fingerprint density at radius 3 is 2.72 bits per heavy atom. The summed E-state index contributed by atoms with van der Waals surface area (Å²) in [6, 6.07) is 13.1. The quantitative estimate of drug-likeness (QED) is 0.393. The Bertz CT molecular complexity index is 910. The van der Waals surface area contributed by atoms with Crippen molar-refractivity contribution >= 4 is 40.7 Å². The molecule has 8 heteroatoms. The maximum Gasteiger partial charge on any atom is 0.281 e. The molecule has 0 spiro atoms. The van der Waals surface area contributed by atoms with Crippen LogP contribution in [0.2, 0.25) is 0 Å². The molecule has 1 aliphatic heterocycles. The van der Waals surface area contributed by atoms with Crippen LogP contribution in [-0.4, -0.2) is 23.1 Å². The smallest absolute Gasteiger partial charge is 0.281 e. The molecule has 0 atom stereocenters. The highest BCUT2D eigenvalue weighted by Gasteiger charge is 2.32. The molecule has 0 saturated carbocycles. The Morgan fingerprint density at radius 2 is 2.00 bits per heavy atom. The van der Waals surface area contributed by atoms with Crippen molar-refractivity contribution in [1.29, 1.82) is 0 Å². The molecule has 1 amide bonds. The van der Waals surface area contributed by atoms with Gasteiger partial charge >= 0.3 is 0 Å². The normalized spacial score (nSPS) is 15.4. The van der Waals surface area contributed by atoms with Crippen LogP contribution in [0.1, 0.15) is 5.56 Å². The summed E-state index contributed by atoms with van der Waals surface area (Å²) in [5, 5.41) is 14.1. The molecule has 2 aromatic rings. The highest BCUT2D eigenvalue weighted by molar-refractivity contribution is 7.80. The fourth-order valence-corrected chi connectivity index (χ4v) is 2.75. The van der Waals surface area contributed by atoms with E-state index in [-0.39, 0.29) is 16.5 Å². The summed E-state index contributed by atoms with van der Waals surface area (Å²) < 4.78 is 5.16. The molecular formula is C17H13N3O4S. The SMILES string of the molecule is COc1cccc(N2C(=O)C(=Cc3ccccc3[N+](=O)[O-])NC2=S)c1. The summed E-state index contributed by atoms with van der Waals surface area (Å²) in [5.74, 6) is 0.195. The van der Waals surface area contributed by atoms with Gasteiger partial charge in [-0.1, -0.05) is 18.2 Å². The van der Waals surface area contributed by atoms with Crippen LogP contribution >= 0.6 is 12.2 Å². The van der Waals surface area contributed by atoms with E-state index in [1.54, 1.807) is 42.5 Å². The number of thiocarbonyl (C=S) groups is 1. The van der Waals surface area contributed by atoms with E-state index >= 15 is 0 Å². The van der Waals surface area contributed by atoms with Crippen molar-refractivity contribution in [2.24, 2.45) is 0 Å². The number of hydrogen-bond acceptors (Lipinski definition) is 5. The molecule has 1 saturated heterocycles. The third kappa shape index (κ3) is 3.20. The number of hydrogen-bond donors (Lipinski definition) is 1.